The van der Waals surface area contributed by atoms with Crippen molar-refractivity contribution in [3.8, 4) is 0 Å². The van der Waals surface area contributed by atoms with E-state index in [1.54, 1.807) is 4.57 Å². The van der Waals surface area contributed by atoms with Crippen molar-refractivity contribution in [1.29, 1.82) is 0 Å². The number of aromatic nitrogens is 2. The summed E-state index contributed by atoms with van der Waals surface area (Å²) in [5, 5.41) is 1.10. The maximum Gasteiger partial charge on any atom is 0.262 e. The van der Waals surface area contributed by atoms with E-state index in [0.717, 1.165) is 21.9 Å². The molecule has 2 aromatic carbocycles. The number of para-hydroxylation sites is 1. The molecule has 0 bridgehead atoms. The first-order chi connectivity index (χ1) is 10.3. The minimum atomic E-state index is 0.00741. The standard InChI is InChI=1S/C18H14N2O/c1-19-12-11-16-17(19)14-9-5-6-10-15(14)20(16)18(21)13-7-3-2-4-8-13/h2-12H,1H3. The molecule has 102 valence electrons. The Balaban J connectivity index is 2.09. The highest BCUT2D eigenvalue weighted by Gasteiger charge is 2.18. The van der Waals surface area contributed by atoms with Gasteiger partial charge in [0.2, 0.25) is 0 Å². The SMILES string of the molecule is Cn1ccc2c1c1ccccc1n2C(=O)c1ccccc1. The normalized spacial score (nSPS) is 11.3. The lowest BCUT2D eigenvalue weighted by Gasteiger charge is -2.05. The van der Waals surface area contributed by atoms with Gasteiger partial charge in [0, 0.05) is 24.2 Å². The highest BCUT2D eigenvalue weighted by atomic mass is 16.2. The molecule has 0 aliphatic carbocycles. The van der Waals surface area contributed by atoms with Crippen LogP contribution in [-0.4, -0.2) is 15.0 Å². The summed E-state index contributed by atoms with van der Waals surface area (Å²) in [6.45, 7) is 0. The van der Waals surface area contributed by atoms with E-state index in [9.17, 15) is 4.79 Å². The van der Waals surface area contributed by atoms with Crippen LogP contribution in [0.1, 0.15) is 10.4 Å². The van der Waals surface area contributed by atoms with Gasteiger partial charge in [0.15, 0.2) is 0 Å². The second kappa shape index (κ2) is 4.35. The molecule has 2 aromatic heterocycles. The van der Waals surface area contributed by atoms with Crippen LogP contribution in [0.25, 0.3) is 21.9 Å². The molecule has 4 rings (SSSR count). The first-order valence-corrected chi connectivity index (χ1v) is 6.91. The molecule has 3 nitrogen and oxygen atoms in total. The molecular formula is C18H14N2O. The Morgan fingerprint density at radius 1 is 0.857 bits per heavy atom. The molecule has 0 saturated heterocycles. The molecule has 0 aliphatic rings. The molecule has 0 amide bonds. The lowest BCUT2D eigenvalue weighted by molar-refractivity contribution is 0.0969. The van der Waals surface area contributed by atoms with E-state index < -0.39 is 0 Å². The van der Waals surface area contributed by atoms with Gasteiger partial charge in [-0.15, -0.1) is 0 Å². The Hall–Kier alpha value is -2.81. The van der Waals surface area contributed by atoms with Crippen LogP contribution in [0.3, 0.4) is 0 Å². The number of nitrogens with zero attached hydrogens (tertiary/aromatic N) is 2. The van der Waals surface area contributed by atoms with Gasteiger partial charge in [-0.3, -0.25) is 9.36 Å². The molecule has 4 aromatic rings. The Bertz CT molecular complexity index is 961. The number of aryl methyl sites for hydroxylation is 1. The van der Waals surface area contributed by atoms with Gasteiger partial charge in [-0.05, 0) is 24.3 Å². The van der Waals surface area contributed by atoms with E-state index in [1.807, 2.05) is 67.8 Å². The molecule has 0 aliphatic heterocycles. The Morgan fingerprint density at radius 3 is 2.38 bits per heavy atom. The van der Waals surface area contributed by atoms with Crippen LogP contribution in [-0.2, 0) is 7.05 Å². The fourth-order valence-corrected chi connectivity index (χ4v) is 2.95. The lowest BCUT2D eigenvalue weighted by Crippen LogP contribution is -2.11. The summed E-state index contributed by atoms with van der Waals surface area (Å²) in [6.07, 6.45) is 1.99. The minimum Gasteiger partial charge on any atom is -0.349 e. The number of benzene rings is 2. The van der Waals surface area contributed by atoms with Gasteiger partial charge in [0.1, 0.15) is 0 Å². The Kier molecular flexibility index (Phi) is 2.48. The topological polar surface area (TPSA) is 26.9 Å². The van der Waals surface area contributed by atoms with Crippen LogP contribution in [0.2, 0.25) is 0 Å². The summed E-state index contributed by atoms with van der Waals surface area (Å²) in [5.74, 6) is 0.00741. The van der Waals surface area contributed by atoms with Crippen LogP contribution in [0.15, 0.2) is 66.9 Å². The molecular weight excluding hydrogens is 260 g/mol. The molecule has 0 N–H and O–H groups in total. The van der Waals surface area contributed by atoms with Crippen molar-refractivity contribution in [2.75, 3.05) is 0 Å². The number of hydrogen-bond donors (Lipinski definition) is 0. The summed E-state index contributed by atoms with van der Waals surface area (Å²) in [6, 6.07) is 19.4. The van der Waals surface area contributed by atoms with Crippen molar-refractivity contribution in [1.82, 2.24) is 9.13 Å². The van der Waals surface area contributed by atoms with Crippen molar-refractivity contribution >= 4 is 27.8 Å². The first-order valence-electron chi connectivity index (χ1n) is 6.91. The van der Waals surface area contributed by atoms with E-state index in [0.29, 0.717) is 5.56 Å². The van der Waals surface area contributed by atoms with Crippen LogP contribution in [0, 0.1) is 0 Å². The third kappa shape index (κ3) is 1.64. The molecule has 0 spiro atoms. The zero-order chi connectivity index (χ0) is 14.4. The van der Waals surface area contributed by atoms with Gasteiger partial charge in [-0.1, -0.05) is 36.4 Å². The van der Waals surface area contributed by atoms with Gasteiger partial charge in [0.25, 0.3) is 5.91 Å². The molecule has 2 heterocycles. The maximum atomic E-state index is 12.9. The number of carbonyl (C=O) groups excluding carboxylic acids is 1. The average molecular weight is 274 g/mol. The van der Waals surface area contributed by atoms with Crippen molar-refractivity contribution < 1.29 is 4.79 Å². The predicted octanol–water partition coefficient (Wildman–Crippen LogP) is 3.82. The molecule has 0 saturated carbocycles. The summed E-state index contributed by atoms with van der Waals surface area (Å²) in [5.41, 5.74) is 3.69. The predicted molar refractivity (Wildman–Crippen MR) is 84.6 cm³/mol. The fraction of sp³-hybridized carbons (Fsp3) is 0.0556. The first kappa shape index (κ1) is 12.0. The maximum absolute atomic E-state index is 12.9. The van der Waals surface area contributed by atoms with E-state index in [1.165, 1.54) is 0 Å². The fourth-order valence-electron chi connectivity index (χ4n) is 2.95. The molecule has 0 radical (unpaired) electrons. The van der Waals surface area contributed by atoms with E-state index >= 15 is 0 Å². The highest BCUT2D eigenvalue weighted by molar-refractivity contribution is 6.15. The van der Waals surface area contributed by atoms with E-state index in [4.69, 9.17) is 0 Å². The third-order valence-electron chi connectivity index (χ3n) is 3.92. The second-order valence-corrected chi connectivity index (χ2v) is 5.18. The smallest absolute Gasteiger partial charge is 0.262 e. The minimum absolute atomic E-state index is 0.00741. The number of fused-ring (bicyclic) bond motifs is 3. The Labute approximate surface area is 122 Å². The summed E-state index contributed by atoms with van der Waals surface area (Å²) in [7, 11) is 2.01. The van der Waals surface area contributed by atoms with E-state index in [2.05, 4.69) is 10.6 Å². The van der Waals surface area contributed by atoms with Gasteiger partial charge in [-0.2, -0.15) is 0 Å². The van der Waals surface area contributed by atoms with Crippen molar-refractivity contribution in [2.24, 2.45) is 7.05 Å². The quantitative estimate of drug-likeness (QED) is 0.518. The van der Waals surface area contributed by atoms with Gasteiger partial charge in [-0.25, -0.2) is 0 Å². The summed E-state index contributed by atoms with van der Waals surface area (Å²) >= 11 is 0. The van der Waals surface area contributed by atoms with Gasteiger partial charge >= 0.3 is 0 Å². The van der Waals surface area contributed by atoms with Crippen molar-refractivity contribution in [3.05, 3.63) is 72.4 Å². The van der Waals surface area contributed by atoms with Crippen LogP contribution >= 0.6 is 0 Å². The molecule has 0 unspecified atom stereocenters. The zero-order valence-electron chi connectivity index (χ0n) is 11.7. The number of carbonyl (C=O) groups is 1. The molecule has 0 atom stereocenters. The van der Waals surface area contributed by atoms with Crippen LogP contribution in [0.5, 0.6) is 0 Å². The summed E-state index contributed by atoms with van der Waals surface area (Å²) < 4.78 is 3.87. The highest BCUT2D eigenvalue weighted by Crippen LogP contribution is 2.29. The van der Waals surface area contributed by atoms with Crippen LogP contribution in [0.4, 0.5) is 0 Å². The van der Waals surface area contributed by atoms with Crippen molar-refractivity contribution in [3.63, 3.8) is 0 Å². The third-order valence-corrected chi connectivity index (χ3v) is 3.92. The zero-order valence-corrected chi connectivity index (χ0v) is 11.7. The Morgan fingerprint density at radius 2 is 1.57 bits per heavy atom. The largest absolute Gasteiger partial charge is 0.349 e. The monoisotopic (exact) mass is 274 g/mol. The average Bonchev–Trinajstić information content (AvgIpc) is 3.06. The van der Waals surface area contributed by atoms with Gasteiger partial charge in [0.05, 0.1) is 16.6 Å². The second-order valence-electron chi connectivity index (χ2n) is 5.18. The van der Waals surface area contributed by atoms with Gasteiger partial charge < -0.3 is 4.57 Å². The number of hydrogen-bond acceptors (Lipinski definition) is 1. The molecule has 21 heavy (non-hydrogen) atoms. The molecule has 3 heteroatoms. The summed E-state index contributed by atoms with van der Waals surface area (Å²) in [4.78, 5) is 12.9. The van der Waals surface area contributed by atoms with Crippen molar-refractivity contribution in [2.45, 2.75) is 0 Å². The number of rotatable bonds is 1. The molecule has 0 fully saturated rings. The van der Waals surface area contributed by atoms with Crippen LogP contribution < -0.4 is 0 Å². The van der Waals surface area contributed by atoms with E-state index in [-0.39, 0.29) is 5.91 Å². The lowest BCUT2D eigenvalue weighted by atomic mass is 10.2.